The van der Waals surface area contributed by atoms with Crippen LogP contribution in [0.3, 0.4) is 0 Å². The van der Waals surface area contributed by atoms with Gasteiger partial charge in [-0.3, -0.25) is 4.40 Å². The molecular weight excluding hydrogens is 810 g/mol. The van der Waals surface area contributed by atoms with Crippen molar-refractivity contribution in [1.29, 1.82) is 0 Å². The van der Waals surface area contributed by atoms with E-state index in [4.69, 9.17) is 14.7 Å². The second kappa shape index (κ2) is 12.9. The van der Waals surface area contributed by atoms with Crippen molar-refractivity contribution in [3.8, 4) is 45.5 Å². The minimum Gasteiger partial charge on any atom is -0.509 e. The molecule has 4 aromatic heterocycles. The summed E-state index contributed by atoms with van der Waals surface area (Å²) in [7, 11) is 0. The summed E-state index contributed by atoms with van der Waals surface area (Å²) in [6.45, 7) is 6.66. The van der Waals surface area contributed by atoms with Crippen LogP contribution in [0.15, 0.2) is 146 Å². The van der Waals surface area contributed by atoms with Gasteiger partial charge in [-0.15, -0.1) is 35.7 Å². The molecule has 0 aliphatic heterocycles. The number of nitrogens with zero attached hydrogens (tertiary/aromatic N) is 5. The minimum absolute atomic E-state index is 0. The number of imidazole rings is 2. The van der Waals surface area contributed by atoms with E-state index >= 15 is 0 Å². The molecule has 0 saturated heterocycles. The van der Waals surface area contributed by atoms with Crippen molar-refractivity contribution in [1.82, 2.24) is 23.5 Å². The molecule has 51 heavy (non-hydrogen) atoms. The Balaban J connectivity index is 0.00000374. The van der Waals surface area contributed by atoms with Crippen molar-refractivity contribution in [2.75, 3.05) is 0 Å². The van der Waals surface area contributed by atoms with Crippen LogP contribution in [0.5, 0.6) is 11.5 Å². The molecular formula is C44H33N5OPt. The molecule has 0 atom stereocenters. The molecule has 9 rings (SSSR count). The maximum absolute atomic E-state index is 6.56. The van der Waals surface area contributed by atoms with Gasteiger partial charge in [-0.2, -0.15) is 12.1 Å². The third-order valence-electron chi connectivity index (χ3n) is 9.22. The van der Waals surface area contributed by atoms with Gasteiger partial charge in [0.25, 0.3) is 0 Å². The summed E-state index contributed by atoms with van der Waals surface area (Å²) >= 11 is 0. The molecule has 0 amide bonds. The number of aromatic nitrogens is 5. The van der Waals surface area contributed by atoms with Crippen molar-refractivity contribution in [3.05, 3.63) is 164 Å². The molecule has 0 aliphatic rings. The van der Waals surface area contributed by atoms with Gasteiger partial charge in [0.15, 0.2) is 0 Å². The summed E-state index contributed by atoms with van der Waals surface area (Å²) in [6.07, 6.45) is 5.74. The van der Waals surface area contributed by atoms with Crippen LogP contribution >= 0.6 is 0 Å². The van der Waals surface area contributed by atoms with Gasteiger partial charge < -0.3 is 13.9 Å². The zero-order chi connectivity index (χ0) is 33.8. The van der Waals surface area contributed by atoms with E-state index in [1.807, 2.05) is 55.0 Å². The van der Waals surface area contributed by atoms with Crippen molar-refractivity contribution in [2.45, 2.75) is 26.2 Å². The van der Waals surface area contributed by atoms with E-state index in [2.05, 4.69) is 137 Å². The van der Waals surface area contributed by atoms with E-state index in [1.165, 1.54) is 5.56 Å². The monoisotopic (exact) mass is 842 g/mol. The molecule has 7 heteroatoms. The van der Waals surface area contributed by atoms with E-state index in [0.29, 0.717) is 11.5 Å². The Morgan fingerprint density at radius 2 is 1.31 bits per heavy atom. The van der Waals surface area contributed by atoms with Gasteiger partial charge in [0.2, 0.25) is 5.78 Å². The van der Waals surface area contributed by atoms with Crippen LogP contribution in [-0.2, 0) is 26.5 Å². The maximum Gasteiger partial charge on any atom is 2.00 e. The second-order valence-electron chi connectivity index (χ2n) is 13.5. The van der Waals surface area contributed by atoms with Crippen LogP contribution in [0.1, 0.15) is 26.3 Å². The Labute approximate surface area is 310 Å². The normalized spacial score (nSPS) is 11.7. The fraction of sp³-hybridized carbons (Fsp3) is 0.0909. The average molecular weight is 843 g/mol. The van der Waals surface area contributed by atoms with E-state index in [0.717, 1.165) is 61.6 Å². The molecule has 0 bridgehead atoms. The molecule has 0 N–H and O–H groups in total. The predicted octanol–water partition coefficient (Wildman–Crippen LogP) is 10.6. The van der Waals surface area contributed by atoms with E-state index in [-0.39, 0.29) is 26.5 Å². The molecule has 0 aliphatic carbocycles. The Hall–Kier alpha value is -5.71. The second-order valence-corrected chi connectivity index (χ2v) is 13.5. The Morgan fingerprint density at radius 1 is 0.608 bits per heavy atom. The van der Waals surface area contributed by atoms with Crippen molar-refractivity contribution < 1.29 is 25.8 Å². The summed E-state index contributed by atoms with van der Waals surface area (Å²) in [4.78, 5) is 9.62. The number of ether oxygens (including phenoxy) is 1. The van der Waals surface area contributed by atoms with Crippen LogP contribution in [0.2, 0.25) is 0 Å². The largest absolute Gasteiger partial charge is 2.00 e. The van der Waals surface area contributed by atoms with Crippen LogP contribution in [-0.4, -0.2) is 23.5 Å². The van der Waals surface area contributed by atoms with Crippen LogP contribution in [0.4, 0.5) is 0 Å². The minimum atomic E-state index is -0.0147. The number of rotatable bonds is 6. The van der Waals surface area contributed by atoms with Crippen molar-refractivity contribution in [2.24, 2.45) is 0 Å². The standard InChI is InChI=1S/C44H33N5O.Pt/c1-44(2,3)32-23-24-45-40(27-32)49-38-20-11-10-19-36(38)37-22-21-35(29-39(37)49)50-34-18-12-17-33(28-34)48-42(31-15-8-5-9-16-31)41(30-13-6-4-7-14-30)47-26-25-46-43(47)48;/h4-27H,1-3H3;/q-2;+2. The van der Waals surface area contributed by atoms with Crippen LogP contribution in [0, 0.1) is 12.1 Å². The first-order valence-electron chi connectivity index (χ1n) is 16.8. The van der Waals surface area contributed by atoms with Gasteiger partial charge >= 0.3 is 21.1 Å². The maximum atomic E-state index is 6.56. The van der Waals surface area contributed by atoms with Crippen molar-refractivity contribution >= 4 is 27.6 Å². The van der Waals surface area contributed by atoms with Gasteiger partial charge in [-0.05, 0) is 34.6 Å². The molecule has 0 saturated carbocycles. The first-order valence-corrected chi connectivity index (χ1v) is 16.8. The van der Waals surface area contributed by atoms with E-state index in [1.54, 1.807) is 0 Å². The number of pyridine rings is 1. The Bertz CT molecular complexity index is 2660. The molecule has 250 valence electrons. The third kappa shape index (κ3) is 5.66. The Kier molecular flexibility index (Phi) is 8.20. The SMILES string of the molecule is CC(C)(C)c1ccnc(-n2c3[c-]c(Oc4[c-]c(-n5c(-c6ccccc6)c(-c6ccccc6)n6ccnc56)ccc4)ccc3c3ccccc32)c1.[Pt+2]. The number of benzene rings is 5. The fourth-order valence-electron chi connectivity index (χ4n) is 6.84. The van der Waals surface area contributed by atoms with Gasteiger partial charge in [0.1, 0.15) is 5.82 Å². The number of para-hydroxylation sites is 1. The average Bonchev–Trinajstić information content (AvgIpc) is 3.83. The van der Waals surface area contributed by atoms with E-state index in [9.17, 15) is 0 Å². The summed E-state index contributed by atoms with van der Waals surface area (Å²) in [5.41, 5.74) is 8.25. The number of hydrogen-bond acceptors (Lipinski definition) is 3. The molecule has 9 aromatic rings. The predicted molar refractivity (Wildman–Crippen MR) is 200 cm³/mol. The number of hydrogen-bond donors (Lipinski definition) is 0. The fourth-order valence-corrected chi connectivity index (χ4v) is 6.84. The summed E-state index contributed by atoms with van der Waals surface area (Å²) < 4.78 is 13.0. The summed E-state index contributed by atoms with van der Waals surface area (Å²) in [5.74, 6) is 2.81. The topological polar surface area (TPSA) is 49.3 Å². The number of fused-ring (bicyclic) bond motifs is 4. The first-order chi connectivity index (χ1) is 24.4. The van der Waals surface area contributed by atoms with E-state index < -0.39 is 0 Å². The van der Waals surface area contributed by atoms with Gasteiger partial charge in [-0.1, -0.05) is 111 Å². The Morgan fingerprint density at radius 3 is 2.08 bits per heavy atom. The quantitative estimate of drug-likeness (QED) is 0.157. The van der Waals surface area contributed by atoms with Crippen LogP contribution in [0.25, 0.3) is 61.6 Å². The van der Waals surface area contributed by atoms with Gasteiger partial charge in [-0.25, -0.2) is 9.97 Å². The zero-order valence-electron chi connectivity index (χ0n) is 28.3. The van der Waals surface area contributed by atoms with Crippen LogP contribution < -0.4 is 4.74 Å². The smallest absolute Gasteiger partial charge is 0.509 e. The molecule has 0 spiro atoms. The van der Waals surface area contributed by atoms with Gasteiger partial charge in [0, 0.05) is 46.7 Å². The first kappa shape index (κ1) is 32.5. The molecule has 4 heterocycles. The molecule has 0 fully saturated rings. The van der Waals surface area contributed by atoms with Crippen molar-refractivity contribution in [3.63, 3.8) is 0 Å². The molecule has 0 radical (unpaired) electrons. The molecule has 6 nitrogen and oxygen atoms in total. The third-order valence-corrected chi connectivity index (χ3v) is 9.22. The molecule has 0 unspecified atom stereocenters. The zero-order valence-corrected chi connectivity index (χ0v) is 30.6. The summed E-state index contributed by atoms with van der Waals surface area (Å²) in [6, 6.07) is 50.7. The molecule has 5 aromatic carbocycles. The van der Waals surface area contributed by atoms with Gasteiger partial charge in [0.05, 0.1) is 11.4 Å². The summed E-state index contributed by atoms with van der Waals surface area (Å²) in [5, 5.41) is 2.23.